The quantitative estimate of drug-likeness (QED) is 0.183. The SMILES string of the molecule is [2H]C1([2H])C[CH2][Ge]([CH3])([CH3])[c]2c(-c3c(F)ccc4c3oc3c(-c5cccc[n+]5C)c(C)ccc34)cccc21. The minimum absolute atomic E-state index is 0.331. The van der Waals surface area contributed by atoms with Gasteiger partial charge in [-0.25, -0.2) is 0 Å². The van der Waals surface area contributed by atoms with Gasteiger partial charge in [-0.05, 0) is 0 Å². The molecule has 0 bridgehead atoms. The van der Waals surface area contributed by atoms with Gasteiger partial charge in [0.2, 0.25) is 0 Å². The first-order chi connectivity index (χ1) is 17.1. The number of halogens is 1. The van der Waals surface area contributed by atoms with Crippen molar-refractivity contribution < 1.29 is 16.1 Å². The summed E-state index contributed by atoms with van der Waals surface area (Å²) in [6.07, 6.45) is 1.14. The van der Waals surface area contributed by atoms with Crippen molar-refractivity contribution in [2.24, 2.45) is 7.05 Å². The van der Waals surface area contributed by atoms with E-state index in [1.807, 2.05) is 49.6 Å². The Morgan fingerprint density at radius 2 is 1.71 bits per heavy atom. The zero-order valence-corrected chi connectivity index (χ0v) is 22.1. The van der Waals surface area contributed by atoms with Gasteiger partial charge in [0.05, 0.1) is 0 Å². The third-order valence-electron chi connectivity index (χ3n) is 7.35. The molecule has 3 aromatic carbocycles. The summed E-state index contributed by atoms with van der Waals surface area (Å²) in [6, 6.07) is 19.3. The monoisotopic (exact) mass is 514 g/mol. The van der Waals surface area contributed by atoms with E-state index in [1.54, 1.807) is 0 Å². The normalized spacial score (nSPS) is 17.4. The first-order valence-corrected chi connectivity index (χ1v) is 18.6. The van der Waals surface area contributed by atoms with E-state index < -0.39 is 19.6 Å². The molecule has 0 atom stereocenters. The van der Waals surface area contributed by atoms with Gasteiger partial charge in [0.15, 0.2) is 0 Å². The zero-order valence-electron chi connectivity index (χ0n) is 22.0. The summed E-state index contributed by atoms with van der Waals surface area (Å²) in [5.74, 6) is 4.29. The van der Waals surface area contributed by atoms with Crippen LogP contribution in [0.4, 0.5) is 4.39 Å². The molecule has 0 unspecified atom stereocenters. The van der Waals surface area contributed by atoms with E-state index in [1.165, 1.54) is 6.07 Å². The predicted octanol–water partition coefficient (Wildman–Crippen LogP) is 7.05. The number of aryl methyl sites for hydroxylation is 3. The van der Waals surface area contributed by atoms with Crippen LogP contribution in [0.5, 0.6) is 0 Å². The molecule has 0 N–H and O–H groups in total. The van der Waals surface area contributed by atoms with E-state index in [0.29, 0.717) is 17.6 Å². The molecule has 1 aliphatic rings. The fourth-order valence-corrected chi connectivity index (χ4v) is 11.6. The molecule has 0 fully saturated rings. The summed E-state index contributed by atoms with van der Waals surface area (Å²) in [4.78, 5) is 0. The van der Waals surface area contributed by atoms with Gasteiger partial charge >= 0.3 is 205 Å². The van der Waals surface area contributed by atoms with Crippen molar-refractivity contribution in [2.45, 2.75) is 36.5 Å². The van der Waals surface area contributed by atoms with E-state index >= 15 is 4.39 Å². The second-order valence-corrected chi connectivity index (χ2v) is 20.0. The number of hydrogen-bond donors (Lipinski definition) is 0. The van der Waals surface area contributed by atoms with Crippen LogP contribution >= 0.6 is 0 Å². The van der Waals surface area contributed by atoms with Crippen molar-refractivity contribution in [3.05, 3.63) is 83.8 Å². The zero-order chi connectivity index (χ0) is 25.4. The van der Waals surface area contributed by atoms with Crippen molar-refractivity contribution in [1.82, 2.24) is 0 Å². The summed E-state index contributed by atoms with van der Waals surface area (Å²) >= 11 is -2.61. The molecule has 3 heterocycles. The van der Waals surface area contributed by atoms with Crippen molar-refractivity contribution in [3.63, 3.8) is 0 Å². The van der Waals surface area contributed by atoms with E-state index in [4.69, 9.17) is 7.16 Å². The molecule has 0 radical (unpaired) electrons. The van der Waals surface area contributed by atoms with Crippen LogP contribution in [0.1, 0.15) is 20.3 Å². The second-order valence-electron chi connectivity index (χ2n) is 10.0. The summed E-state index contributed by atoms with van der Waals surface area (Å²) in [6.45, 7) is 2.07. The van der Waals surface area contributed by atoms with Crippen LogP contribution in [0.2, 0.25) is 16.8 Å². The maximum absolute atomic E-state index is 15.8. The van der Waals surface area contributed by atoms with Gasteiger partial charge < -0.3 is 0 Å². The summed E-state index contributed by atoms with van der Waals surface area (Å²) in [7, 11) is 2.01. The molecule has 6 rings (SSSR count). The van der Waals surface area contributed by atoms with Gasteiger partial charge in [0.1, 0.15) is 0 Å². The summed E-state index contributed by atoms with van der Waals surface area (Å²) in [5.41, 5.74) is 6.39. The van der Waals surface area contributed by atoms with Crippen LogP contribution in [0, 0.1) is 12.7 Å². The molecule has 0 aliphatic carbocycles. The molecule has 0 amide bonds. The number of pyridine rings is 1. The number of furan rings is 1. The minimum atomic E-state index is -2.61. The Kier molecular flexibility index (Phi) is 4.45. The molecule has 2 aromatic heterocycles. The molecule has 1 aliphatic heterocycles. The van der Waals surface area contributed by atoms with Crippen LogP contribution in [-0.2, 0) is 13.4 Å². The Morgan fingerprint density at radius 1 is 0.941 bits per heavy atom. The Morgan fingerprint density at radius 3 is 2.50 bits per heavy atom. The summed E-state index contributed by atoms with van der Waals surface area (Å²) in [5, 5.41) is 2.71. The topological polar surface area (TPSA) is 17.0 Å². The molecular formula is C30H29FGeNO+. The fourth-order valence-electron chi connectivity index (χ4n) is 5.60. The van der Waals surface area contributed by atoms with Gasteiger partial charge in [0, 0.05) is 0 Å². The van der Waals surface area contributed by atoms with Gasteiger partial charge in [-0.2, -0.15) is 0 Å². The van der Waals surface area contributed by atoms with Gasteiger partial charge in [-0.1, -0.05) is 0 Å². The first-order valence-electron chi connectivity index (χ1n) is 12.8. The molecule has 34 heavy (non-hydrogen) atoms. The molecule has 2 nitrogen and oxygen atoms in total. The van der Waals surface area contributed by atoms with E-state index in [9.17, 15) is 0 Å². The third-order valence-corrected chi connectivity index (χ3v) is 14.5. The molecule has 4 heteroatoms. The Balaban J connectivity index is 1.73. The van der Waals surface area contributed by atoms with Crippen LogP contribution < -0.4 is 8.96 Å². The van der Waals surface area contributed by atoms with Gasteiger partial charge in [-0.3, -0.25) is 0 Å². The Hall–Kier alpha value is -2.92. The van der Waals surface area contributed by atoms with Crippen molar-refractivity contribution in [1.29, 1.82) is 0 Å². The number of nitrogens with zero attached hydrogens (tertiary/aromatic N) is 1. The van der Waals surface area contributed by atoms with Crippen LogP contribution in [0.15, 0.2) is 71.3 Å². The molecule has 0 saturated heterocycles. The third kappa shape index (κ3) is 3.17. The van der Waals surface area contributed by atoms with Crippen molar-refractivity contribution in [3.8, 4) is 22.4 Å². The Bertz CT molecular complexity index is 1690. The number of aromatic nitrogens is 1. The van der Waals surface area contributed by atoms with Crippen molar-refractivity contribution >= 4 is 39.6 Å². The number of rotatable bonds is 2. The molecule has 170 valence electrons. The van der Waals surface area contributed by atoms with Gasteiger partial charge in [0.25, 0.3) is 0 Å². The van der Waals surface area contributed by atoms with E-state index in [0.717, 1.165) is 54.0 Å². The number of hydrogen-bond acceptors (Lipinski definition) is 1. The number of fused-ring (bicyclic) bond motifs is 4. The standard InChI is InChI=1S/C30H29FGeNO/c1-19-13-14-21-22-15-16-24(31)27(23-11-7-9-20-10-8-17-32(2,3)28(20)23)30(22)34-29(21)26(19)25-12-5-6-18-33(25)4/h5-7,9,11-16,18H,8,10,17H2,1-4H3/q+1/i10D2. The maximum atomic E-state index is 15.8. The molecule has 5 aromatic rings. The number of benzene rings is 3. The Labute approximate surface area is 205 Å². The first kappa shape index (κ1) is 19.4. The molecule has 0 spiro atoms. The van der Waals surface area contributed by atoms with Crippen molar-refractivity contribution in [2.75, 3.05) is 0 Å². The van der Waals surface area contributed by atoms with E-state index in [2.05, 4.69) is 41.2 Å². The second kappa shape index (κ2) is 7.81. The fraction of sp³-hybridized carbons (Fsp3) is 0.233. The molecular weight excluding hydrogens is 482 g/mol. The molecule has 0 saturated carbocycles. The van der Waals surface area contributed by atoms with Crippen LogP contribution in [0.25, 0.3) is 44.3 Å². The summed E-state index contributed by atoms with van der Waals surface area (Å²) < 4.78 is 42.9. The van der Waals surface area contributed by atoms with Gasteiger partial charge in [-0.15, -0.1) is 0 Å². The average Bonchev–Trinajstić information content (AvgIpc) is 3.21. The van der Waals surface area contributed by atoms with Crippen LogP contribution in [-0.4, -0.2) is 13.3 Å². The van der Waals surface area contributed by atoms with Crippen LogP contribution in [0.3, 0.4) is 0 Å². The predicted molar refractivity (Wildman–Crippen MR) is 141 cm³/mol. The van der Waals surface area contributed by atoms with E-state index in [-0.39, 0.29) is 5.82 Å². The average molecular weight is 513 g/mol.